The Morgan fingerprint density at radius 3 is 2.86 bits per heavy atom. The third kappa shape index (κ3) is 2.94. The van der Waals surface area contributed by atoms with E-state index < -0.39 is 0 Å². The molecule has 0 aromatic carbocycles. The third-order valence-electron chi connectivity index (χ3n) is 5.40. The zero-order chi connectivity index (χ0) is 16.5. The predicted molar refractivity (Wildman–Crippen MR) is 87.6 cm³/mol. The number of rotatable bonds is 4. The molecule has 1 amide bonds. The topological polar surface area (TPSA) is 47.6 Å². The summed E-state index contributed by atoms with van der Waals surface area (Å²) in [6, 6.07) is 0.0776. The highest BCUT2D eigenvalue weighted by molar-refractivity contribution is 5.67. The molecule has 0 aromatic heterocycles. The van der Waals surface area contributed by atoms with Gasteiger partial charge in [0.1, 0.15) is 6.61 Å². The second kappa shape index (κ2) is 6.45. The van der Waals surface area contributed by atoms with Gasteiger partial charge in [0.15, 0.2) is 0 Å². The molecule has 5 atom stereocenters. The van der Waals surface area contributed by atoms with Crippen LogP contribution in [0.4, 0.5) is 4.79 Å². The van der Waals surface area contributed by atoms with Crippen LogP contribution in [0.15, 0.2) is 24.3 Å². The van der Waals surface area contributed by atoms with Gasteiger partial charge in [-0.1, -0.05) is 31.6 Å². The predicted octanol–water partition coefficient (Wildman–Crippen LogP) is 3.54. The Balaban J connectivity index is 2.18. The third-order valence-corrected chi connectivity index (χ3v) is 5.40. The molecule has 4 nitrogen and oxygen atoms in total. The lowest BCUT2D eigenvalue weighted by molar-refractivity contribution is -0.149. The summed E-state index contributed by atoms with van der Waals surface area (Å²) in [5.74, 6) is 1.02. The molecule has 0 saturated carbocycles. The van der Waals surface area contributed by atoms with Crippen molar-refractivity contribution in [3.05, 3.63) is 24.3 Å². The van der Waals surface area contributed by atoms with Crippen molar-refractivity contribution in [2.24, 2.45) is 23.2 Å². The van der Waals surface area contributed by atoms with E-state index in [1.807, 2.05) is 19.9 Å². The van der Waals surface area contributed by atoms with Gasteiger partial charge in [0, 0.05) is 17.4 Å². The molecule has 4 heteroatoms. The summed E-state index contributed by atoms with van der Waals surface area (Å²) in [4.78, 5) is 11.8. The number of amides is 1. The number of ether oxygens (including phenoxy) is 2. The maximum Gasteiger partial charge on any atom is 0.407 e. The fourth-order valence-corrected chi connectivity index (χ4v) is 4.00. The monoisotopic (exact) mass is 307 g/mol. The van der Waals surface area contributed by atoms with Crippen LogP contribution in [-0.4, -0.2) is 31.5 Å². The first-order chi connectivity index (χ1) is 10.3. The minimum Gasteiger partial charge on any atom is -0.449 e. The van der Waals surface area contributed by atoms with Gasteiger partial charge in [0.05, 0.1) is 12.7 Å². The van der Waals surface area contributed by atoms with E-state index >= 15 is 0 Å². The fraction of sp³-hybridized carbons (Fsp3) is 0.722. The summed E-state index contributed by atoms with van der Waals surface area (Å²) in [5, 5.41) is 2.78. The Morgan fingerprint density at radius 1 is 1.59 bits per heavy atom. The molecule has 2 bridgehead atoms. The van der Waals surface area contributed by atoms with Crippen LogP contribution in [0.5, 0.6) is 0 Å². The number of hydrogen-bond donors (Lipinski definition) is 1. The van der Waals surface area contributed by atoms with Crippen molar-refractivity contribution in [2.75, 3.05) is 13.2 Å². The van der Waals surface area contributed by atoms with Gasteiger partial charge >= 0.3 is 6.09 Å². The average molecular weight is 307 g/mol. The standard InChI is InChI=1S/C18H29NO3/c1-7-15-16-12(4)8-13(5)18(9-21-15,14(16)6)10-22-17(20)19-11(2)3/h7-8,11,13-16H,1,9-10H2,2-6H3,(H,19,20)/t13-,14-,15-,16-,18-/m1/s1. The largest absolute Gasteiger partial charge is 0.449 e. The molecule has 1 N–H and O–H groups in total. The highest BCUT2D eigenvalue weighted by atomic mass is 16.6. The van der Waals surface area contributed by atoms with Gasteiger partial charge in [-0.15, -0.1) is 6.58 Å². The molecule has 1 fully saturated rings. The average Bonchev–Trinajstić information content (AvgIpc) is 2.43. The van der Waals surface area contributed by atoms with Crippen LogP contribution in [0.1, 0.15) is 34.6 Å². The summed E-state index contributed by atoms with van der Waals surface area (Å²) in [5.41, 5.74) is 1.20. The van der Waals surface area contributed by atoms with E-state index in [9.17, 15) is 4.79 Å². The van der Waals surface area contributed by atoms with Gasteiger partial charge in [-0.2, -0.15) is 0 Å². The number of nitrogens with one attached hydrogen (secondary N) is 1. The summed E-state index contributed by atoms with van der Waals surface area (Å²) in [7, 11) is 0. The van der Waals surface area contributed by atoms with Crippen molar-refractivity contribution in [2.45, 2.75) is 46.8 Å². The van der Waals surface area contributed by atoms with Gasteiger partial charge in [-0.25, -0.2) is 4.79 Å². The molecule has 124 valence electrons. The number of fused-ring (bicyclic) bond motifs is 2. The Morgan fingerprint density at radius 2 is 2.27 bits per heavy atom. The van der Waals surface area contributed by atoms with Gasteiger partial charge in [-0.05, 0) is 32.6 Å². The van der Waals surface area contributed by atoms with Crippen LogP contribution in [0.2, 0.25) is 0 Å². The first kappa shape index (κ1) is 17.1. The van der Waals surface area contributed by atoms with Crippen molar-refractivity contribution >= 4 is 6.09 Å². The number of carbonyl (C=O) groups excluding carboxylic acids is 1. The van der Waals surface area contributed by atoms with E-state index in [0.29, 0.717) is 31.0 Å². The molecule has 0 spiro atoms. The first-order valence-electron chi connectivity index (χ1n) is 8.17. The van der Waals surface area contributed by atoms with Gasteiger partial charge < -0.3 is 14.8 Å². The van der Waals surface area contributed by atoms with Crippen molar-refractivity contribution in [3.63, 3.8) is 0 Å². The second-order valence-corrected chi connectivity index (χ2v) is 7.13. The molecule has 1 aliphatic carbocycles. The SMILES string of the molecule is C=C[C@H]1OC[C@@]2(COC(=O)NC(C)C)[C@H](C)C=C(C)[C@@H]1[C@H]2C. The van der Waals surface area contributed by atoms with Crippen LogP contribution in [0, 0.1) is 23.2 Å². The fourth-order valence-electron chi connectivity index (χ4n) is 4.00. The van der Waals surface area contributed by atoms with E-state index in [4.69, 9.17) is 9.47 Å². The lowest BCUT2D eigenvalue weighted by atomic mass is 9.56. The lowest BCUT2D eigenvalue weighted by Gasteiger charge is -2.54. The number of hydrogen-bond acceptors (Lipinski definition) is 3. The maximum atomic E-state index is 11.8. The molecule has 2 aliphatic rings. The van der Waals surface area contributed by atoms with E-state index in [1.54, 1.807) is 0 Å². The van der Waals surface area contributed by atoms with Gasteiger partial charge in [0.2, 0.25) is 0 Å². The molecular weight excluding hydrogens is 278 g/mol. The zero-order valence-corrected chi connectivity index (χ0v) is 14.4. The molecular formula is C18H29NO3. The first-order valence-corrected chi connectivity index (χ1v) is 8.17. The van der Waals surface area contributed by atoms with Crippen LogP contribution in [0.3, 0.4) is 0 Å². The van der Waals surface area contributed by atoms with Crippen molar-refractivity contribution in [3.8, 4) is 0 Å². The molecule has 1 heterocycles. The van der Waals surface area contributed by atoms with Crippen LogP contribution in [-0.2, 0) is 9.47 Å². The van der Waals surface area contributed by atoms with E-state index in [2.05, 4.69) is 38.7 Å². The van der Waals surface area contributed by atoms with Crippen molar-refractivity contribution in [1.29, 1.82) is 0 Å². The smallest absolute Gasteiger partial charge is 0.407 e. The summed E-state index contributed by atoms with van der Waals surface area (Å²) < 4.78 is 11.6. The van der Waals surface area contributed by atoms with Crippen molar-refractivity contribution < 1.29 is 14.3 Å². The number of alkyl carbamates (subject to hydrolysis) is 1. The van der Waals surface area contributed by atoms with E-state index in [1.165, 1.54) is 5.57 Å². The summed E-state index contributed by atoms with van der Waals surface area (Å²) >= 11 is 0. The molecule has 1 saturated heterocycles. The second-order valence-electron chi connectivity index (χ2n) is 7.13. The Kier molecular flexibility index (Phi) is 5.00. The number of carbonyl (C=O) groups is 1. The Labute approximate surface area is 133 Å². The maximum absolute atomic E-state index is 11.8. The Bertz CT molecular complexity index is 471. The Hall–Kier alpha value is -1.29. The normalized spacial score (nSPS) is 37.5. The zero-order valence-electron chi connectivity index (χ0n) is 14.4. The van der Waals surface area contributed by atoms with E-state index in [0.717, 1.165) is 0 Å². The summed E-state index contributed by atoms with van der Waals surface area (Å²) in [6.45, 7) is 15.3. The van der Waals surface area contributed by atoms with Gasteiger partial charge in [-0.3, -0.25) is 0 Å². The molecule has 0 aromatic rings. The quantitative estimate of drug-likeness (QED) is 0.808. The summed E-state index contributed by atoms with van der Waals surface area (Å²) in [6.07, 6.45) is 3.91. The molecule has 1 aliphatic heterocycles. The number of allylic oxidation sites excluding steroid dienone is 1. The molecule has 2 rings (SSSR count). The van der Waals surface area contributed by atoms with E-state index in [-0.39, 0.29) is 23.7 Å². The highest BCUT2D eigenvalue weighted by Crippen LogP contribution is 2.52. The van der Waals surface area contributed by atoms with Gasteiger partial charge in [0.25, 0.3) is 0 Å². The lowest BCUT2D eigenvalue weighted by Crippen LogP contribution is -2.56. The highest BCUT2D eigenvalue weighted by Gasteiger charge is 2.53. The minimum absolute atomic E-state index is 0.0522. The molecule has 0 radical (unpaired) electrons. The van der Waals surface area contributed by atoms with Crippen LogP contribution < -0.4 is 5.32 Å². The molecule has 0 unspecified atom stereocenters. The van der Waals surface area contributed by atoms with Crippen LogP contribution in [0.25, 0.3) is 0 Å². The minimum atomic E-state index is -0.350. The van der Waals surface area contributed by atoms with Crippen molar-refractivity contribution in [1.82, 2.24) is 5.32 Å². The van der Waals surface area contributed by atoms with Crippen LogP contribution >= 0.6 is 0 Å². The molecule has 22 heavy (non-hydrogen) atoms.